The van der Waals surface area contributed by atoms with E-state index in [1.807, 2.05) is 60.7 Å². The lowest BCUT2D eigenvalue weighted by atomic mass is 9.91. The molecule has 0 atom stereocenters. The van der Waals surface area contributed by atoms with Gasteiger partial charge in [0.2, 0.25) is 0 Å². The third-order valence-electron chi connectivity index (χ3n) is 4.63. The van der Waals surface area contributed by atoms with Crippen LogP contribution in [0.25, 0.3) is 0 Å². The molecule has 1 amide bonds. The Morgan fingerprint density at radius 2 is 1.33 bits per heavy atom. The van der Waals surface area contributed by atoms with Gasteiger partial charge in [-0.15, -0.1) is 0 Å². The van der Waals surface area contributed by atoms with Crippen LogP contribution in [0.2, 0.25) is 0 Å². The van der Waals surface area contributed by atoms with Crippen molar-refractivity contribution in [2.45, 2.75) is 26.7 Å². The van der Waals surface area contributed by atoms with Crippen LogP contribution in [0.5, 0.6) is 0 Å². The molecular weight excluding hydrogens is 332 g/mol. The van der Waals surface area contributed by atoms with Crippen molar-refractivity contribution in [3.05, 3.63) is 106 Å². The fraction of sp³-hybridized carbons (Fsp3) is 0.167. The van der Waals surface area contributed by atoms with E-state index >= 15 is 0 Å². The van der Waals surface area contributed by atoms with E-state index in [-0.39, 0.29) is 5.91 Å². The standard InChI is InChI=1S/C24H24N2O/c1-17-14-18(2)22(19(3)15-17)16-25-26-24(27)23(20-10-6-4-7-11-20)21-12-8-5-9-13-21/h4-16,23H,1-3H3,(H,26,27)/b25-16+. The summed E-state index contributed by atoms with van der Waals surface area (Å²) in [6, 6.07) is 23.8. The number of aryl methyl sites for hydroxylation is 3. The van der Waals surface area contributed by atoms with E-state index in [9.17, 15) is 4.79 Å². The molecule has 0 radical (unpaired) electrons. The Balaban J connectivity index is 1.84. The van der Waals surface area contributed by atoms with E-state index in [0.717, 1.165) is 27.8 Å². The van der Waals surface area contributed by atoms with Crippen molar-refractivity contribution in [1.29, 1.82) is 0 Å². The van der Waals surface area contributed by atoms with Gasteiger partial charge < -0.3 is 0 Å². The van der Waals surface area contributed by atoms with Crippen LogP contribution in [0.3, 0.4) is 0 Å². The SMILES string of the molecule is Cc1cc(C)c(/C=N/NC(=O)C(c2ccccc2)c2ccccc2)c(C)c1. The zero-order valence-electron chi connectivity index (χ0n) is 15.9. The van der Waals surface area contributed by atoms with Gasteiger partial charge >= 0.3 is 0 Å². The monoisotopic (exact) mass is 356 g/mol. The maximum absolute atomic E-state index is 12.9. The first-order valence-electron chi connectivity index (χ1n) is 9.07. The van der Waals surface area contributed by atoms with Gasteiger partial charge in [0.1, 0.15) is 0 Å². The smallest absolute Gasteiger partial charge is 0.252 e. The van der Waals surface area contributed by atoms with Gasteiger partial charge in [-0.2, -0.15) is 5.10 Å². The zero-order chi connectivity index (χ0) is 19.2. The molecule has 0 aliphatic heterocycles. The third kappa shape index (κ3) is 4.50. The van der Waals surface area contributed by atoms with E-state index in [0.29, 0.717) is 0 Å². The number of rotatable bonds is 5. The molecule has 0 bridgehead atoms. The molecule has 0 fully saturated rings. The molecule has 0 heterocycles. The number of nitrogens with zero attached hydrogens (tertiary/aromatic N) is 1. The third-order valence-corrected chi connectivity index (χ3v) is 4.63. The first kappa shape index (κ1) is 18.6. The first-order chi connectivity index (χ1) is 13.1. The Hall–Kier alpha value is -3.20. The molecular formula is C24H24N2O. The average molecular weight is 356 g/mol. The largest absolute Gasteiger partial charge is 0.272 e. The number of hydrogen-bond donors (Lipinski definition) is 1. The predicted octanol–water partition coefficient (Wildman–Crippen LogP) is 4.89. The molecule has 0 saturated carbocycles. The summed E-state index contributed by atoms with van der Waals surface area (Å²) in [6.45, 7) is 6.19. The molecule has 27 heavy (non-hydrogen) atoms. The summed E-state index contributed by atoms with van der Waals surface area (Å²) in [5, 5.41) is 4.24. The summed E-state index contributed by atoms with van der Waals surface area (Å²) >= 11 is 0. The van der Waals surface area contributed by atoms with Crippen LogP contribution in [0, 0.1) is 20.8 Å². The van der Waals surface area contributed by atoms with Crippen LogP contribution in [-0.4, -0.2) is 12.1 Å². The van der Waals surface area contributed by atoms with Gasteiger partial charge in [0.25, 0.3) is 5.91 Å². The molecule has 136 valence electrons. The lowest BCUT2D eigenvalue weighted by Gasteiger charge is -2.16. The lowest BCUT2D eigenvalue weighted by molar-refractivity contribution is -0.121. The Labute approximate surface area is 160 Å². The Morgan fingerprint density at radius 1 is 0.852 bits per heavy atom. The highest BCUT2D eigenvalue weighted by Crippen LogP contribution is 2.24. The summed E-state index contributed by atoms with van der Waals surface area (Å²) in [4.78, 5) is 12.9. The lowest BCUT2D eigenvalue weighted by Crippen LogP contribution is -2.26. The van der Waals surface area contributed by atoms with Crippen molar-refractivity contribution in [3.8, 4) is 0 Å². The van der Waals surface area contributed by atoms with Gasteiger partial charge in [0.15, 0.2) is 0 Å². The van der Waals surface area contributed by atoms with Crippen molar-refractivity contribution < 1.29 is 4.79 Å². The average Bonchev–Trinajstić information content (AvgIpc) is 2.66. The fourth-order valence-corrected chi connectivity index (χ4v) is 3.41. The Bertz CT molecular complexity index is 884. The number of hydrogen-bond acceptors (Lipinski definition) is 2. The molecule has 3 aromatic carbocycles. The van der Waals surface area contributed by atoms with Gasteiger partial charge in [0.05, 0.1) is 12.1 Å². The second kappa shape index (κ2) is 8.45. The van der Waals surface area contributed by atoms with Gasteiger partial charge in [-0.3, -0.25) is 4.79 Å². The van der Waals surface area contributed by atoms with Gasteiger partial charge in [-0.05, 0) is 43.0 Å². The van der Waals surface area contributed by atoms with E-state index in [4.69, 9.17) is 0 Å². The molecule has 0 aromatic heterocycles. The molecule has 0 saturated heterocycles. The van der Waals surface area contributed by atoms with E-state index in [2.05, 4.69) is 43.4 Å². The minimum absolute atomic E-state index is 0.147. The zero-order valence-corrected chi connectivity index (χ0v) is 15.9. The minimum atomic E-state index is -0.398. The number of nitrogens with one attached hydrogen (secondary N) is 1. The molecule has 3 rings (SSSR count). The summed E-state index contributed by atoms with van der Waals surface area (Å²) < 4.78 is 0. The number of carbonyl (C=O) groups excluding carboxylic acids is 1. The maximum atomic E-state index is 12.9. The molecule has 3 nitrogen and oxygen atoms in total. The number of amides is 1. The number of carbonyl (C=O) groups is 1. The Morgan fingerprint density at radius 3 is 1.81 bits per heavy atom. The van der Waals surface area contributed by atoms with E-state index < -0.39 is 5.92 Å². The van der Waals surface area contributed by atoms with Crippen LogP contribution in [-0.2, 0) is 4.79 Å². The molecule has 0 spiro atoms. The molecule has 3 aromatic rings. The van der Waals surface area contributed by atoms with E-state index in [1.165, 1.54) is 5.56 Å². The number of hydrazone groups is 1. The highest BCUT2D eigenvalue weighted by atomic mass is 16.2. The topological polar surface area (TPSA) is 41.5 Å². The second-order valence-electron chi connectivity index (χ2n) is 6.80. The van der Waals surface area contributed by atoms with Crippen molar-refractivity contribution in [1.82, 2.24) is 5.43 Å². The number of benzene rings is 3. The summed E-state index contributed by atoms with van der Waals surface area (Å²) in [5.41, 5.74) is 9.17. The predicted molar refractivity (Wildman–Crippen MR) is 111 cm³/mol. The van der Waals surface area contributed by atoms with Gasteiger partial charge in [0, 0.05) is 5.56 Å². The van der Waals surface area contributed by atoms with Crippen molar-refractivity contribution in [2.75, 3.05) is 0 Å². The van der Waals surface area contributed by atoms with Gasteiger partial charge in [-0.25, -0.2) is 5.43 Å². The summed E-state index contributed by atoms with van der Waals surface area (Å²) in [7, 11) is 0. The highest BCUT2D eigenvalue weighted by molar-refractivity contribution is 5.89. The van der Waals surface area contributed by atoms with E-state index in [1.54, 1.807) is 6.21 Å². The normalized spacial score (nSPS) is 11.1. The van der Waals surface area contributed by atoms with Gasteiger partial charge in [-0.1, -0.05) is 78.4 Å². The quantitative estimate of drug-likeness (QED) is 0.513. The van der Waals surface area contributed by atoms with Crippen LogP contribution in [0.1, 0.15) is 39.3 Å². The van der Waals surface area contributed by atoms with Crippen molar-refractivity contribution >= 4 is 12.1 Å². The Kier molecular flexibility index (Phi) is 5.82. The second-order valence-corrected chi connectivity index (χ2v) is 6.80. The first-order valence-corrected chi connectivity index (χ1v) is 9.07. The molecule has 1 N–H and O–H groups in total. The summed E-state index contributed by atoms with van der Waals surface area (Å²) in [5.74, 6) is -0.546. The molecule has 0 unspecified atom stereocenters. The highest BCUT2D eigenvalue weighted by Gasteiger charge is 2.22. The van der Waals surface area contributed by atoms with Crippen LogP contribution < -0.4 is 5.43 Å². The summed E-state index contributed by atoms with van der Waals surface area (Å²) in [6.07, 6.45) is 1.73. The molecule has 0 aliphatic rings. The molecule has 3 heteroatoms. The fourth-order valence-electron chi connectivity index (χ4n) is 3.41. The molecule has 0 aliphatic carbocycles. The van der Waals surface area contributed by atoms with Crippen LogP contribution >= 0.6 is 0 Å². The van der Waals surface area contributed by atoms with Crippen LogP contribution in [0.15, 0.2) is 77.9 Å². The van der Waals surface area contributed by atoms with Crippen LogP contribution in [0.4, 0.5) is 0 Å². The van der Waals surface area contributed by atoms with Crippen molar-refractivity contribution in [3.63, 3.8) is 0 Å². The van der Waals surface area contributed by atoms with Crippen molar-refractivity contribution in [2.24, 2.45) is 5.10 Å². The maximum Gasteiger partial charge on any atom is 0.252 e. The minimum Gasteiger partial charge on any atom is -0.272 e.